The number of aromatic nitrogens is 1. The van der Waals surface area contributed by atoms with E-state index in [0.717, 1.165) is 6.07 Å². The Bertz CT molecular complexity index is 978. The van der Waals surface area contributed by atoms with Crippen molar-refractivity contribution in [3.05, 3.63) is 58.9 Å². The molecule has 0 aliphatic carbocycles. The molecule has 0 radical (unpaired) electrons. The van der Waals surface area contributed by atoms with E-state index in [1.807, 2.05) is 20.8 Å². The molecule has 29 heavy (non-hydrogen) atoms. The van der Waals surface area contributed by atoms with E-state index in [0.29, 0.717) is 11.3 Å². The molecule has 0 unspecified atom stereocenters. The van der Waals surface area contributed by atoms with E-state index in [1.165, 1.54) is 31.3 Å². The zero-order valence-electron chi connectivity index (χ0n) is 16.6. The highest BCUT2D eigenvalue weighted by molar-refractivity contribution is 5.97. The van der Waals surface area contributed by atoms with Crippen molar-refractivity contribution in [2.75, 3.05) is 5.32 Å². The SMILES string of the molecule is Cc1c([C@H]2[C@H](C(=O)Nc3ccnc(C(N)=O)c3)OC(C)(C)[C@H]2C)ccc(F)c1F. The van der Waals surface area contributed by atoms with E-state index in [4.69, 9.17) is 10.5 Å². The van der Waals surface area contributed by atoms with Crippen molar-refractivity contribution < 1.29 is 23.1 Å². The molecule has 1 fully saturated rings. The van der Waals surface area contributed by atoms with Crippen LogP contribution < -0.4 is 11.1 Å². The highest BCUT2D eigenvalue weighted by Gasteiger charge is 2.51. The average Bonchev–Trinajstić information content (AvgIpc) is 2.90. The summed E-state index contributed by atoms with van der Waals surface area (Å²) in [4.78, 5) is 28.2. The Balaban J connectivity index is 1.96. The number of rotatable bonds is 4. The van der Waals surface area contributed by atoms with E-state index in [9.17, 15) is 18.4 Å². The van der Waals surface area contributed by atoms with Gasteiger partial charge in [-0.15, -0.1) is 0 Å². The summed E-state index contributed by atoms with van der Waals surface area (Å²) in [6.45, 7) is 7.11. The van der Waals surface area contributed by atoms with Gasteiger partial charge < -0.3 is 15.8 Å². The number of carbonyl (C=O) groups is 2. The van der Waals surface area contributed by atoms with Crippen LogP contribution in [-0.2, 0) is 9.53 Å². The summed E-state index contributed by atoms with van der Waals surface area (Å²) in [5.74, 6) is -3.69. The van der Waals surface area contributed by atoms with Crippen molar-refractivity contribution in [1.29, 1.82) is 0 Å². The second-order valence-electron chi connectivity index (χ2n) is 7.82. The third-order valence-electron chi connectivity index (χ3n) is 5.67. The summed E-state index contributed by atoms with van der Waals surface area (Å²) in [5, 5.41) is 2.70. The number of anilines is 1. The summed E-state index contributed by atoms with van der Waals surface area (Å²) in [6.07, 6.45) is 0.420. The number of primary amides is 1. The number of benzene rings is 1. The standard InChI is InChI=1S/C21H23F2N3O3/c1-10-13(5-6-14(22)17(10)23)16-11(2)21(3,4)29-18(16)20(28)26-12-7-8-25-15(9-12)19(24)27/h5-9,11,16,18H,1-4H3,(H2,24,27)(H,25,26,28)/t11-,16-,18+/m0/s1. The fourth-order valence-electron chi connectivity index (χ4n) is 3.74. The second-order valence-corrected chi connectivity index (χ2v) is 7.82. The van der Waals surface area contributed by atoms with Crippen LogP contribution >= 0.6 is 0 Å². The lowest BCUT2D eigenvalue weighted by Crippen LogP contribution is -2.33. The van der Waals surface area contributed by atoms with Crippen LogP contribution in [0.4, 0.5) is 14.5 Å². The van der Waals surface area contributed by atoms with Crippen molar-refractivity contribution in [3.8, 4) is 0 Å². The number of hydrogen-bond donors (Lipinski definition) is 2. The molecule has 0 spiro atoms. The number of ether oxygens (including phenoxy) is 1. The number of nitrogens with one attached hydrogen (secondary N) is 1. The number of nitrogens with zero attached hydrogens (tertiary/aromatic N) is 1. The Labute approximate surface area is 167 Å². The fourth-order valence-corrected chi connectivity index (χ4v) is 3.74. The van der Waals surface area contributed by atoms with Crippen LogP contribution in [0.25, 0.3) is 0 Å². The van der Waals surface area contributed by atoms with Crippen LogP contribution in [0.2, 0.25) is 0 Å². The minimum atomic E-state index is -0.936. The Kier molecular flexibility index (Phi) is 5.40. The quantitative estimate of drug-likeness (QED) is 0.819. The first kappa shape index (κ1) is 20.9. The van der Waals surface area contributed by atoms with Crippen molar-refractivity contribution in [3.63, 3.8) is 0 Å². The van der Waals surface area contributed by atoms with Gasteiger partial charge >= 0.3 is 0 Å². The summed E-state index contributed by atoms with van der Waals surface area (Å²) < 4.78 is 33.8. The Hall–Kier alpha value is -2.87. The highest BCUT2D eigenvalue weighted by Crippen LogP contribution is 2.47. The minimum absolute atomic E-state index is 0.0110. The lowest BCUT2D eigenvalue weighted by Gasteiger charge is -2.25. The topological polar surface area (TPSA) is 94.3 Å². The van der Waals surface area contributed by atoms with Gasteiger partial charge in [-0.1, -0.05) is 13.0 Å². The van der Waals surface area contributed by atoms with Crippen molar-refractivity contribution >= 4 is 17.5 Å². The molecule has 1 aromatic heterocycles. The molecular weight excluding hydrogens is 380 g/mol. The van der Waals surface area contributed by atoms with E-state index < -0.39 is 41.1 Å². The van der Waals surface area contributed by atoms with E-state index in [2.05, 4.69) is 10.3 Å². The maximum Gasteiger partial charge on any atom is 0.267 e. The molecule has 154 valence electrons. The van der Waals surface area contributed by atoms with Crippen LogP contribution in [0.5, 0.6) is 0 Å². The number of carbonyl (C=O) groups excluding carboxylic acids is 2. The summed E-state index contributed by atoms with van der Waals surface area (Å²) >= 11 is 0. The zero-order chi connectivity index (χ0) is 21.5. The molecule has 0 saturated carbocycles. The highest BCUT2D eigenvalue weighted by atomic mass is 19.2. The van der Waals surface area contributed by atoms with Gasteiger partial charge in [0.25, 0.3) is 11.8 Å². The Morgan fingerprint density at radius 2 is 1.93 bits per heavy atom. The smallest absolute Gasteiger partial charge is 0.267 e. The average molecular weight is 403 g/mol. The van der Waals surface area contributed by atoms with Crippen LogP contribution in [-0.4, -0.2) is 28.5 Å². The fraction of sp³-hybridized carbons (Fsp3) is 0.381. The zero-order valence-corrected chi connectivity index (χ0v) is 16.6. The van der Waals surface area contributed by atoms with Crippen LogP contribution in [0.15, 0.2) is 30.5 Å². The Morgan fingerprint density at radius 3 is 2.59 bits per heavy atom. The molecule has 1 aliphatic rings. The summed E-state index contributed by atoms with van der Waals surface area (Å²) in [5.41, 5.74) is 5.58. The van der Waals surface area contributed by atoms with Crippen molar-refractivity contribution in [1.82, 2.24) is 4.98 Å². The van der Waals surface area contributed by atoms with E-state index in [1.54, 1.807) is 0 Å². The largest absolute Gasteiger partial charge is 0.364 e. The minimum Gasteiger partial charge on any atom is -0.364 e. The maximum atomic E-state index is 14.2. The summed E-state index contributed by atoms with van der Waals surface area (Å²) in [6, 6.07) is 5.44. The molecular formula is C21H23F2N3O3. The Morgan fingerprint density at radius 1 is 1.24 bits per heavy atom. The van der Waals surface area contributed by atoms with Gasteiger partial charge in [0.2, 0.25) is 0 Å². The van der Waals surface area contributed by atoms with Gasteiger partial charge in [0.1, 0.15) is 11.8 Å². The van der Waals surface area contributed by atoms with Gasteiger partial charge in [-0.3, -0.25) is 14.6 Å². The van der Waals surface area contributed by atoms with Crippen LogP contribution in [0.1, 0.15) is 48.3 Å². The molecule has 3 atom stereocenters. The van der Waals surface area contributed by atoms with E-state index >= 15 is 0 Å². The van der Waals surface area contributed by atoms with Gasteiger partial charge in [-0.2, -0.15) is 0 Å². The van der Waals surface area contributed by atoms with Gasteiger partial charge in [-0.25, -0.2) is 8.78 Å². The molecule has 2 aromatic rings. The maximum absolute atomic E-state index is 14.2. The number of hydrogen-bond acceptors (Lipinski definition) is 4. The third kappa shape index (κ3) is 3.85. The molecule has 1 aromatic carbocycles. The molecule has 2 amide bonds. The molecule has 6 nitrogen and oxygen atoms in total. The molecule has 8 heteroatoms. The molecule has 1 saturated heterocycles. The molecule has 3 rings (SSSR count). The number of pyridine rings is 1. The lowest BCUT2D eigenvalue weighted by molar-refractivity contribution is -0.131. The van der Waals surface area contributed by atoms with Crippen molar-refractivity contribution in [2.45, 2.75) is 45.3 Å². The predicted molar refractivity (Wildman–Crippen MR) is 103 cm³/mol. The molecule has 3 N–H and O–H groups in total. The predicted octanol–water partition coefficient (Wildman–Crippen LogP) is 3.30. The second kappa shape index (κ2) is 7.51. The van der Waals surface area contributed by atoms with Gasteiger partial charge in [0, 0.05) is 17.8 Å². The lowest BCUT2D eigenvalue weighted by atomic mass is 9.77. The van der Waals surface area contributed by atoms with E-state index in [-0.39, 0.29) is 17.2 Å². The normalized spacial score (nSPS) is 23.0. The van der Waals surface area contributed by atoms with Gasteiger partial charge in [0.15, 0.2) is 11.6 Å². The van der Waals surface area contributed by atoms with Crippen molar-refractivity contribution in [2.24, 2.45) is 11.7 Å². The molecule has 1 aliphatic heterocycles. The number of halogens is 2. The van der Waals surface area contributed by atoms with Gasteiger partial charge in [-0.05, 0) is 56.0 Å². The first-order valence-electron chi connectivity index (χ1n) is 9.22. The first-order valence-corrected chi connectivity index (χ1v) is 9.22. The molecule has 2 heterocycles. The summed E-state index contributed by atoms with van der Waals surface area (Å²) in [7, 11) is 0. The number of amides is 2. The van der Waals surface area contributed by atoms with Crippen LogP contribution in [0.3, 0.4) is 0 Å². The molecule has 0 bridgehead atoms. The van der Waals surface area contributed by atoms with Crippen LogP contribution in [0, 0.1) is 24.5 Å². The first-order chi connectivity index (χ1) is 13.5. The van der Waals surface area contributed by atoms with Gasteiger partial charge in [0.05, 0.1) is 5.60 Å². The third-order valence-corrected chi connectivity index (χ3v) is 5.67. The number of nitrogens with two attached hydrogens (primary N) is 1. The monoisotopic (exact) mass is 403 g/mol.